The fraction of sp³-hybridized carbons (Fsp3) is 0.348. The van der Waals surface area contributed by atoms with Crippen molar-refractivity contribution < 1.29 is 14.4 Å². The molecule has 162 valence electrons. The summed E-state index contributed by atoms with van der Waals surface area (Å²) in [7, 11) is 2.06. The highest BCUT2D eigenvalue weighted by molar-refractivity contribution is 5.98. The molecule has 2 aromatic rings. The van der Waals surface area contributed by atoms with Crippen molar-refractivity contribution in [2.45, 2.75) is 6.54 Å². The van der Waals surface area contributed by atoms with Crippen LogP contribution in [0.5, 0.6) is 0 Å². The van der Waals surface area contributed by atoms with Crippen molar-refractivity contribution in [3.63, 3.8) is 0 Å². The first kappa shape index (κ1) is 20.9. The lowest BCUT2D eigenvalue weighted by Crippen LogP contribution is -2.47. The molecule has 2 aliphatic rings. The predicted molar refractivity (Wildman–Crippen MR) is 118 cm³/mol. The molecule has 0 aliphatic carbocycles. The number of carbonyl (C=O) groups excluding carboxylic acids is 3. The fourth-order valence-corrected chi connectivity index (χ4v) is 3.77. The summed E-state index contributed by atoms with van der Waals surface area (Å²) in [6.07, 6.45) is 0. The van der Waals surface area contributed by atoms with Crippen LogP contribution in [0.1, 0.15) is 26.3 Å². The number of rotatable bonds is 5. The molecule has 0 radical (unpaired) electrons. The summed E-state index contributed by atoms with van der Waals surface area (Å²) in [5.74, 6) is -0.162. The summed E-state index contributed by atoms with van der Waals surface area (Å²) in [6, 6.07) is 14.3. The summed E-state index contributed by atoms with van der Waals surface area (Å²) in [5, 5.41) is 5.66. The number of hydrogen-bond donors (Lipinski definition) is 2. The minimum Gasteiger partial charge on any atom is -0.348 e. The van der Waals surface area contributed by atoms with E-state index in [1.54, 1.807) is 23.1 Å². The van der Waals surface area contributed by atoms with Crippen LogP contribution in [0, 0.1) is 0 Å². The quantitative estimate of drug-likeness (QED) is 0.767. The van der Waals surface area contributed by atoms with E-state index in [1.807, 2.05) is 35.2 Å². The number of anilines is 1. The lowest BCUT2D eigenvalue weighted by atomic mass is 10.1. The molecule has 8 heteroatoms. The number of likely N-dealkylation sites (N-methyl/N-ethyl adjacent to an activating group) is 1. The Balaban J connectivity index is 1.33. The van der Waals surface area contributed by atoms with Gasteiger partial charge in [0.15, 0.2) is 0 Å². The first-order valence-corrected chi connectivity index (χ1v) is 10.5. The zero-order chi connectivity index (χ0) is 21.8. The molecule has 2 saturated heterocycles. The molecular weight excluding hydrogens is 394 g/mol. The van der Waals surface area contributed by atoms with Gasteiger partial charge in [0.2, 0.25) is 0 Å². The Morgan fingerprint density at radius 2 is 1.71 bits per heavy atom. The van der Waals surface area contributed by atoms with Gasteiger partial charge in [0.1, 0.15) is 0 Å². The van der Waals surface area contributed by atoms with E-state index in [4.69, 9.17) is 0 Å². The van der Waals surface area contributed by atoms with Crippen molar-refractivity contribution in [1.29, 1.82) is 0 Å². The number of carbonyl (C=O) groups is 3. The first-order chi connectivity index (χ1) is 15.0. The smallest absolute Gasteiger partial charge is 0.321 e. The number of piperazine rings is 1. The van der Waals surface area contributed by atoms with E-state index in [0.29, 0.717) is 36.4 Å². The maximum absolute atomic E-state index is 12.6. The highest BCUT2D eigenvalue weighted by atomic mass is 16.2. The molecule has 2 aromatic carbocycles. The summed E-state index contributed by atoms with van der Waals surface area (Å²) >= 11 is 0. The number of nitrogens with one attached hydrogen (secondary N) is 2. The first-order valence-electron chi connectivity index (χ1n) is 10.5. The molecule has 31 heavy (non-hydrogen) atoms. The standard InChI is InChI=1S/C23H27N5O3/c1-26-11-13-27(14-12-26)22(30)18-7-5-17(6-8-18)16-25-21(29)19-3-2-4-20(15-19)28-10-9-24-23(28)31/h2-8,15H,9-14,16H2,1H3,(H,24,31)(H,25,29). The topological polar surface area (TPSA) is 85.0 Å². The van der Waals surface area contributed by atoms with Crippen LogP contribution in [-0.4, -0.2) is 74.0 Å². The zero-order valence-corrected chi connectivity index (χ0v) is 17.6. The van der Waals surface area contributed by atoms with Crippen LogP contribution in [0.15, 0.2) is 48.5 Å². The van der Waals surface area contributed by atoms with Gasteiger partial charge in [0.25, 0.3) is 11.8 Å². The van der Waals surface area contributed by atoms with Crippen LogP contribution in [0.4, 0.5) is 10.5 Å². The molecule has 4 rings (SSSR count). The predicted octanol–water partition coefficient (Wildman–Crippen LogP) is 1.53. The van der Waals surface area contributed by atoms with E-state index in [2.05, 4.69) is 22.6 Å². The Kier molecular flexibility index (Phi) is 6.18. The SMILES string of the molecule is CN1CCN(C(=O)c2ccc(CNC(=O)c3cccc(N4CCNC4=O)c3)cc2)CC1. The zero-order valence-electron chi connectivity index (χ0n) is 17.6. The van der Waals surface area contributed by atoms with Crippen molar-refractivity contribution >= 4 is 23.5 Å². The van der Waals surface area contributed by atoms with E-state index >= 15 is 0 Å². The van der Waals surface area contributed by atoms with Crippen molar-refractivity contribution in [3.05, 3.63) is 65.2 Å². The van der Waals surface area contributed by atoms with E-state index in [0.717, 1.165) is 31.7 Å². The molecule has 2 N–H and O–H groups in total. The number of hydrogen-bond acceptors (Lipinski definition) is 4. The minimum atomic E-state index is -0.209. The fourth-order valence-electron chi connectivity index (χ4n) is 3.77. The van der Waals surface area contributed by atoms with Crippen molar-refractivity contribution in [2.75, 3.05) is 51.2 Å². The van der Waals surface area contributed by atoms with Crippen molar-refractivity contribution in [1.82, 2.24) is 20.4 Å². The molecule has 8 nitrogen and oxygen atoms in total. The lowest BCUT2D eigenvalue weighted by Gasteiger charge is -2.32. The molecule has 0 saturated carbocycles. The Labute approximate surface area is 181 Å². The summed E-state index contributed by atoms with van der Waals surface area (Å²) in [4.78, 5) is 42.8. The molecule has 4 amide bonds. The van der Waals surface area contributed by atoms with Gasteiger partial charge in [-0.05, 0) is 42.9 Å². The molecule has 0 atom stereocenters. The van der Waals surface area contributed by atoms with Gasteiger partial charge in [-0.1, -0.05) is 18.2 Å². The van der Waals surface area contributed by atoms with E-state index in [1.165, 1.54) is 0 Å². The highest BCUT2D eigenvalue weighted by Crippen LogP contribution is 2.18. The molecule has 2 heterocycles. The third-order valence-corrected chi connectivity index (χ3v) is 5.72. The van der Waals surface area contributed by atoms with Crippen LogP contribution in [0.3, 0.4) is 0 Å². The van der Waals surface area contributed by atoms with Gasteiger partial charge in [-0.15, -0.1) is 0 Å². The molecule has 0 spiro atoms. The largest absolute Gasteiger partial charge is 0.348 e. The van der Waals surface area contributed by atoms with Gasteiger partial charge in [-0.3, -0.25) is 14.5 Å². The lowest BCUT2D eigenvalue weighted by molar-refractivity contribution is 0.0664. The summed E-state index contributed by atoms with van der Waals surface area (Å²) in [5.41, 5.74) is 2.78. The molecule has 0 bridgehead atoms. The average molecular weight is 422 g/mol. The van der Waals surface area contributed by atoms with Gasteiger partial charge in [-0.25, -0.2) is 4.79 Å². The third-order valence-electron chi connectivity index (χ3n) is 5.72. The van der Waals surface area contributed by atoms with Crippen molar-refractivity contribution in [2.24, 2.45) is 0 Å². The Morgan fingerprint density at radius 1 is 0.968 bits per heavy atom. The number of amides is 4. The maximum Gasteiger partial charge on any atom is 0.321 e. The molecular formula is C23H27N5O3. The van der Waals surface area contributed by atoms with Crippen LogP contribution in [0.25, 0.3) is 0 Å². The van der Waals surface area contributed by atoms with E-state index in [-0.39, 0.29) is 17.8 Å². The normalized spacial score (nSPS) is 16.9. The van der Waals surface area contributed by atoms with E-state index in [9.17, 15) is 14.4 Å². The van der Waals surface area contributed by atoms with Crippen LogP contribution in [-0.2, 0) is 6.54 Å². The highest BCUT2D eigenvalue weighted by Gasteiger charge is 2.22. The molecule has 2 fully saturated rings. The second-order valence-corrected chi connectivity index (χ2v) is 7.91. The van der Waals surface area contributed by atoms with Gasteiger partial charge in [-0.2, -0.15) is 0 Å². The van der Waals surface area contributed by atoms with E-state index < -0.39 is 0 Å². The Bertz CT molecular complexity index is 967. The Hall–Kier alpha value is -3.39. The summed E-state index contributed by atoms with van der Waals surface area (Å²) < 4.78 is 0. The molecule has 0 unspecified atom stereocenters. The third kappa shape index (κ3) is 4.86. The van der Waals surface area contributed by atoms with Crippen LogP contribution < -0.4 is 15.5 Å². The van der Waals surface area contributed by atoms with Gasteiger partial charge in [0, 0.05) is 62.6 Å². The average Bonchev–Trinajstić information content (AvgIpc) is 3.24. The Morgan fingerprint density at radius 3 is 2.39 bits per heavy atom. The van der Waals surface area contributed by atoms with Gasteiger partial charge >= 0.3 is 6.03 Å². The maximum atomic E-state index is 12.6. The van der Waals surface area contributed by atoms with Gasteiger partial charge in [0.05, 0.1) is 0 Å². The number of urea groups is 1. The number of benzene rings is 2. The van der Waals surface area contributed by atoms with Crippen molar-refractivity contribution in [3.8, 4) is 0 Å². The van der Waals surface area contributed by atoms with Crippen LogP contribution in [0.2, 0.25) is 0 Å². The van der Waals surface area contributed by atoms with Gasteiger partial charge < -0.3 is 20.4 Å². The second-order valence-electron chi connectivity index (χ2n) is 7.91. The minimum absolute atomic E-state index is 0.0476. The summed E-state index contributed by atoms with van der Waals surface area (Å²) in [6.45, 7) is 4.80. The number of nitrogens with zero attached hydrogens (tertiary/aromatic N) is 3. The molecule has 0 aromatic heterocycles. The second kappa shape index (κ2) is 9.18. The van der Waals surface area contributed by atoms with Crippen LogP contribution >= 0.6 is 0 Å². The molecule has 2 aliphatic heterocycles. The monoisotopic (exact) mass is 421 g/mol.